The third kappa shape index (κ3) is 13.3. The summed E-state index contributed by atoms with van der Waals surface area (Å²) < 4.78 is 0. The molecule has 6 heteroatoms. The zero-order chi connectivity index (χ0) is 43.5. The van der Waals surface area contributed by atoms with E-state index in [1.54, 1.807) is 0 Å². The second-order valence-corrected chi connectivity index (χ2v) is 20.5. The molecule has 0 bridgehead atoms. The third-order valence-corrected chi connectivity index (χ3v) is 16.1. The molecule has 0 saturated heterocycles. The molecule has 0 fully saturated rings. The summed E-state index contributed by atoms with van der Waals surface area (Å²) in [6.07, 6.45) is 0. The van der Waals surface area contributed by atoms with Crippen LogP contribution in [0.25, 0.3) is 43.1 Å². The number of aryl methyl sites for hydroxylation is 2. The van der Waals surface area contributed by atoms with E-state index in [-0.39, 0.29) is 52.8 Å². The van der Waals surface area contributed by atoms with Gasteiger partial charge in [-0.3, -0.25) is 0 Å². The van der Waals surface area contributed by atoms with Gasteiger partial charge in [0.2, 0.25) is 0 Å². The van der Waals surface area contributed by atoms with Crippen LogP contribution in [0.2, 0.25) is 0 Å². The van der Waals surface area contributed by atoms with Crippen LogP contribution in [0, 0.1) is 13.8 Å². The van der Waals surface area contributed by atoms with Crippen LogP contribution in [0.4, 0.5) is 0 Å². The van der Waals surface area contributed by atoms with Crippen LogP contribution in [0.3, 0.4) is 0 Å². The van der Waals surface area contributed by atoms with Gasteiger partial charge in [-0.25, -0.2) is 0 Å². The summed E-state index contributed by atoms with van der Waals surface area (Å²) in [5, 5.41) is 19.2. The van der Waals surface area contributed by atoms with Gasteiger partial charge in [0.15, 0.2) is 0 Å². The Hall–Kier alpha value is -5.65. The van der Waals surface area contributed by atoms with Crippen LogP contribution in [0.1, 0.15) is 11.1 Å². The zero-order valence-corrected chi connectivity index (χ0v) is 43.0. The number of halogens is 2. The summed E-state index contributed by atoms with van der Waals surface area (Å²) in [6, 6.07) is 95.7. The molecule has 0 heterocycles. The maximum atomic E-state index is 2.35. The van der Waals surface area contributed by atoms with Gasteiger partial charge < -0.3 is 9.41 Å². The van der Waals surface area contributed by atoms with Crippen molar-refractivity contribution in [3.63, 3.8) is 0 Å². The van der Waals surface area contributed by atoms with Crippen molar-refractivity contribution in [3.05, 3.63) is 278 Å². The molecule has 0 nitrogen and oxygen atoms in total. The van der Waals surface area contributed by atoms with E-state index in [0.29, 0.717) is 0 Å². The Balaban J connectivity index is 0.000000176. The number of hydrogen-bond acceptors (Lipinski definition) is 0. The molecule has 12 rings (SSSR count). The molecular weight excluding hydrogens is 940 g/mol. The van der Waals surface area contributed by atoms with Crippen molar-refractivity contribution >= 4 is 90.8 Å². The van der Waals surface area contributed by atoms with Crippen molar-refractivity contribution in [2.75, 3.05) is 0 Å². The van der Waals surface area contributed by atoms with Gasteiger partial charge in [0.1, 0.15) is 0 Å². The molecule has 12 aromatic rings. The average Bonchev–Trinajstić information content (AvgIpc) is 4.15. The first-order valence-electron chi connectivity index (χ1n) is 21.9. The van der Waals surface area contributed by atoms with E-state index < -0.39 is 15.8 Å². The molecule has 12 aromatic carbocycles. The van der Waals surface area contributed by atoms with E-state index in [1.165, 1.54) is 86.0 Å². The van der Waals surface area contributed by atoms with Gasteiger partial charge in [-0.2, -0.15) is 24.3 Å². The zero-order valence-electron chi connectivity index (χ0n) is 38.1. The molecule has 68 heavy (non-hydrogen) atoms. The molecular formula is C62H50F2P2Ti2-2. The Morgan fingerprint density at radius 3 is 0.735 bits per heavy atom. The smallest absolute Gasteiger partial charge is 1.00 e. The van der Waals surface area contributed by atoms with E-state index >= 15 is 0 Å². The van der Waals surface area contributed by atoms with E-state index in [1.807, 2.05) is 0 Å². The van der Waals surface area contributed by atoms with Crippen LogP contribution in [0.5, 0.6) is 0 Å². The molecule has 0 aliphatic carbocycles. The predicted molar refractivity (Wildman–Crippen MR) is 285 cm³/mol. The van der Waals surface area contributed by atoms with Crippen LogP contribution in [0.15, 0.2) is 267 Å². The molecule has 0 atom stereocenters. The van der Waals surface area contributed by atoms with Gasteiger partial charge in [0, 0.05) is 0 Å². The monoisotopic (exact) mass is 990 g/mol. The fraction of sp³-hybridized carbons (Fsp3) is 0.0323. The molecule has 0 N–H and O–H groups in total. The van der Waals surface area contributed by atoms with Crippen molar-refractivity contribution in [1.29, 1.82) is 0 Å². The van der Waals surface area contributed by atoms with E-state index in [4.69, 9.17) is 0 Å². The summed E-state index contributed by atoms with van der Waals surface area (Å²) in [4.78, 5) is 0. The van der Waals surface area contributed by atoms with Gasteiger partial charge in [-0.15, -0.1) is 162 Å². The topological polar surface area (TPSA) is 0 Å². The average molecular weight is 991 g/mol. The summed E-state index contributed by atoms with van der Waals surface area (Å²) >= 11 is 0. The fourth-order valence-corrected chi connectivity index (χ4v) is 13.1. The van der Waals surface area contributed by atoms with Gasteiger partial charge in [0.25, 0.3) is 0 Å². The first-order chi connectivity index (χ1) is 31.6. The quantitative estimate of drug-likeness (QED) is 0.0894. The summed E-state index contributed by atoms with van der Waals surface area (Å²) in [5.74, 6) is 0. The molecule has 0 aromatic heterocycles. The maximum absolute atomic E-state index is 2.35. The van der Waals surface area contributed by atoms with Crippen LogP contribution < -0.4 is 41.2 Å². The first-order valence-corrected chi connectivity index (χ1v) is 24.6. The van der Waals surface area contributed by atoms with Crippen molar-refractivity contribution in [1.82, 2.24) is 0 Å². The molecule has 0 radical (unpaired) electrons. The Morgan fingerprint density at radius 2 is 0.485 bits per heavy atom. The second-order valence-electron chi connectivity index (χ2n) is 16.0. The minimum Gasteiger partial charge on any atom is -1.00 e. The Bertz CT molecular complexity index is 2880. The van der Waals surface area contributed by atoms with Crippen LogP contribution >= 0.6 is 15.8 Å². The Labute approximate surface area is 432 Å². The van der Waals surface area contributed by atoms with Crippen LogP contribution in [-0.2, 0) is 43.4 Å². The maximum Gasteiger partial charge on any atom is 2.00 e. The van der Waals surface area contributed by atoms with Crippen molar-refractivity contribution in [2.45, 2.75) is 13.8 Å². The largest absolute Gasteiger partial charge is 2.00 e. The molecule has 0 spiro atoms. The number of benzene rings is 8. The SMILES string of the molecule is Cc1cc2ccccc2[cH-]1.Cc1cc2ccccc2[cH-]1.[F-].[F-].[Ti+2].[Ti+2].c1ccc(P(c2ccccc2)c2cc3ccccc3[cH-]2)cc1.c1ccc(P(c2ccccc2)c2cc3ccccc3[cH-]2)cc1. The minimum atomic E-state index is -0.493. The number of fused-ring (bicyclic) bond motifs is 4. The van der Waals surface area contributed by atoms with Gasteiger partial charge >= 0.3 is 43.4 Å². The molecule has 0 unspecified atom stereocenters. The first kappa shape index (κ1) is 53.3. The standard InChI is InChI=1S/2C21H16P.2C10H9.2FH.2Ti/c2*1-3-11-19(12-4-1)22(20-13-5-2-6-14-20)21-15-17-9-7-8-10-18(17)16-21;2*1-8-6-9-4-2-3-5-10(9)7-8;;;;/h2*1-16H;2*2-7H,1H3;2*1H;;/q4*-1;;;2*+2/p-2. The fourth-order valence-electron chi connectivity index (χ4n) is 8.34. The molecule has 0 saturated carbocycles. The van der Waals surface area contributed by atoms with Crippen molar-refractivity contribution in [2.24, 2.45) is 0 Å². The Kier molecular flexibility index (Phi) is 20.5. The molecule has 332 valence electrons. The van der Waals surface area contributed by atoms with Gasteiger partial charge in [-0.05, 0) is 37.1 Å². The van der Waals surface area contributed by atoms with E-state index in [0.717, 1.165) is 0 Å². The van der Waals surface area contributed by atoms with Gasteiger partial charge in [-0.1, -0.05) is 159 Å². The predicted octanol–water partition coefficient (Wildman–Crippen LogP) is 8.37. The molecule has 0 amide bonds. The Morgan fingerprint density at radius 1 is 0.265 bits per heavy atom. The van der Waals surface area contributed by atoms with Crippen LogP contribution in [-0.4, -0.2) is 0 Å². The minimum absolute atomic E-state index is 0. The summed E-state index contributed by atoms with van der Waals surface area (Å²) in [5.41, 5.74) is 2.70. The van der Waals surface area contributed by atoms with E-state index in [2.05, 4.69) is 281 Å². The van der Waals surface area contributed by atoms with Gasteiger partial charge in [0.05, 0.1) is 0 Å². The summed E-state index contributed by atoms with van der Waals surface area (Å²) in [7, 11) is -0.986. The summed E-state index contributed by atoms with van der Waals surface area (Å²) in [6.45, 7) is 4.25. The normalized spacial score (nSPS) is 10.3. The third-order valence-electron chi connectivity index (χ3n) is 11.3. The number of rotatable bonds is 6. The molecule has 0 aliphatic rings. The van der Waals surface area contributed by atoms with Crippen molar-refractivity contribution < 1.29 is 52.8 Å². The van der Waals surface area contributed by atoms with E-state index in [9.17, 15) is 0 Å². The van der Waals surface area contributed by atoms with Crippen molar-refractivity contribution in [3.8, 4) is 0 Å². The second kappa shape index (κ2) is 26.2. The molecule has 0 aliphatic heterocycles. The number of hydrogen-bond donors (Lipinski definition) is 0.